The number of rotatable bonds is 3. The van der Waals surface area contributed by atoms with Crippen LogP contribution >= 0.6 is 11.6 Å². The highest BCUT2D eigenvalue weighted by molar-refractivity contribution is 6.31. The van der Waals surface area contributed by atoms with Crippen LogP contribution in [0.4, 0.5) is 0 Å². The Hall–Kier alpha value is -1.58. The standard InChI is InChI=1S/C14H15ClN2O/c1-9-3-4-13(10(2)5-9)18-14-12(15)6-11(7-16)8-17-14/h3-6,8H,7,16H2,1-2H3. The van der Waals surface area contributed by atoms with Crippen LogP contribution in [0.25, 0.3) is 0 Å². The predicted octanol–water partition coefficient (Wildman–Crippen LogP) is 3.60. The third kappa shape index (κ3) is 2.81. The normalized spacial score (nSPS) is 10.4. The van der Waals surface area contributed by atoms with Crippen molar-refractivity contribution in [1.82, 2.24) is 4.98 Å². The fourth-order valence-corrected chi connectivity index (χ4v) is 1.90. The largest absolute Gasteiger partial charge is 0.437 e. The maximum absolute atomic E-state index is 6.10. The number of benzene rings is 1. The van der Waals surface area contributed by atoms with Gasteiger partial charge in [-0.05, 0) is 37.1 Å². The van der Waals surface area contributed by atoms with Gasteiger partial charge in [0.25, 0.3) is 0 Å². The van der Waals surface area contributed by atoms with Gasteiger partial charge < -0.3 is 10.5 Å². The second-order valence-electron chi connectivity index (χ2n) is 4.21. The summed E-state index contributed by atoms with van der Waals surface area (Å²) in [5, 5.41) is 0.470. The van der Waals surface area contributed by atoms with Gasteiger partial charge in [0.05, 0.1) is 0 Å². The van der Waals surface area contributed by atoms with E-state index in [0.717, 1.165) is 16.9 Å². The van der Waals surface area contributed by atoms with Crippen LogP contribution in [-0.4, -0.2) is 4.98 Å². The number of aryl methyl sites for hydroxylation is 2. The first kappa shape index (κ1) is 12.9. The van der Waals surface area contributed by atoms with Crippen LogP contribution in [0.2, 0.25) is 5.02 Å². The summed E-state index contributed by atoms with van der Waals surface area (Å²) < 4.78 is 5.71. The van der Waals surface area contributed by atoms with Crippen molar-refractivity contribution in [1.29, 1.82) is 0 Å². The van der Waals surface area contributed by atoms with Crippen LogP contribution < -0.4 is 10.5 Å². The second-order valence-corrected chi connectivity index (χ2v) is 4.61. The highest BCUT2D eigenvalue weighted by Crippen LogP contribution is 2.29. The van der Waals surface area contributed by atoms with E-state index in [2.05, 4.69) is 11.1 Å². The number of ether oxygens (including phenoxy) is 1. The first-order valence-corrected chi connectivity index (χ1v) is 6.07. The van der Waals surface area contributed by atoms with Crippen molar-refractivity contribution < 1.29 is 4.74 Å². The van der Waals surface area contributed by atoms with Crippen molar-refractivity contribution in [3.8, 4) is 11.6 Å². The third-order valence-corrected chi connectivity index (χ3v) is 2.91. The van der Waals surface area contributed by atoms with Crippen molar-refractivity contribution in [2.45, 2.75) is 20.4 Å². The highest BCUT2D eigenvalue weighted by atomic mass is 35.5. The average molecular weight is 263 g/mol. The van der Waals surface area contributed by atoms with E-state index in [1.807, 2.05) is 26.0 Å². The zero-order chi connectivity index (χ0) is 13.1. The maximum Gasteiger partial charge on any atom is 0.238 e. The molecule has 94 valence electrons. The molecule has 2 N–H and O–H groups in total. The van der Waals surface area contributed by atoms with Crippen molar-refractivity contribution in [2.75, 3.05) is 0 Å². The Balaban J connectivity index is 2.28. The molecule has 4 heteroatoms. The summed E-state index contributed by atoms with van der Waals surface area (Å²) in [5.74, 6) is 1.16. The number of hydrogen-bond donors (Lipinski definition) is 1. The molecule has 0 spiro atoms. The van der Waals surface area contributed by atoms with Crippen LogP contribution in [0.3, 0.4) is 0 Å². The Morgan fingerprint density at radius 1 is 1.28 bits per heavy atom. The van der Waals surface area contributed by atoms with Crippen LogP contribution in [0, 0.1) is 13.8 Å². The molecular weight excluding hydrogens is 248 g/mol. The van der Waals surface area contributed by atoms with Gasteiger partial charge in [0.2, 0.25) is 5.88 Å². The van der Waals surface area contributed by atoms with Crippen molar-refractivity contribution in [3.05, 3.63) is 52.2 Å². The summed E-state index contributed by atoms with van der Waals surface area (Å²) in [7, 11) is 0. The summed E-state index contributed by atoms with van der Waals surface area (Å²) in [6.45, 7) is 4.44. The van der Waals surface area contributed by atoms with Gasteiger partial charge in [0.15, 0.2) is 0 Å². The monoisotopic (exact) mass is 262 g/mol. The average Bonchev–Trinajstić information content (AvgIpc) is 2.34. The molecule has 0 fully saturated rings. The number of hydrogen-bond acceptors (Lipinski definition) is 3. The van der Waals surface area contributed by atoms with E-state index in [9.17, 15) is 0 Å². The quantitative estimate of drug-likeness (QED) is 0.919. The summed E-state index contributed by atoms with van der Waals surface area (Å²) in [6, 6.07) is 7.73. The molecule has 0 saturated carbocycles. The van der Waals surface area contributed by atoms with Crippen LogP contribution in [0.5, 0.6) is 11.6 Å². The molecule has 0 amide bonds. The molecule has 2 rings (SSSR count). The molecule has 1 aromatic carbocycles. The summed E-state index contributed by atoms with van der Waals surface area (Å²) in [5.41, 5.74) is 8.65. The van der Waals surface area contributed by atoms with Gasteiger partial charge in [-0.15, -0.1) is 0 Å². The van der Waals surface area contributed by atoms with E-state index >= 15 is 0 Å². The number of nitrogens with zero attached hydrogens (tertiary/aromatic N) is 1. The zero-order valence-corrected chi connectivity index (χ0v) is 11.2. The molecule has 0 bridgehead atoms. The smallest absolute Gasteiger partial charge is 0.238 e. The van der Waals surface area contributed by atoms with Crippen LogP contribution in [0.15, 0.2) is 30.5 Å². The van der Waals surface area contributed by atoms with Crippen molar-refractivity contribution in [2.24, 2.45) is 5.73 Å². The van der Waals surface area contributed by atoms with E-state index in [1.54, 1.807) is 12.3 Å². The molecule has 2 aromatic rings. The minimum Gasteiger partial charge on any atom is -0.437 e. The van der Waals surface area contributed by atoms with E-state index in [0.29, 0.717) is 17.4 Å². The van der Waals surface area contributed by atoms with Crippen molar-refractivity contribution in [3.63, 3.8) is 0 Å². The molecule has 0 saturated heterocycles. The fraction of sp³-hybridized carbons (Fsp3) is 0.214. The van der Waals surface area contributed by atoms with E-state index < -0.39 is 0 Å². The van der Waals surface area contributed by atoms with Gasteiger partial charge in [-0.2, -0.15) is 0 Å². The molecule has 3 nitrogen and oxygen atoms in total. The molecule has 1 aromatic heterocycles. The number of pyridine rings is 1. The van der Waals surface area contributed by atoms with Gasteiger partial charge in [0.1, 0.15) is 10.8 Å². The van der Waals surface area contributed by atoms with Gasteiger partial charge in [-0.3, -0.25) is 0 Å². The third-order valence-electron chi connectivity index (χ3n) is 2.64. The Bertz CT molecular complexity index is 570. The topological polar surface area (TPSA) is 48.1 Å². The Morgan fingerprint density at radius 2 is 2.06 bits per heavy atom. The number of aromatic nitrogens is 1. The van der Waals surface area contributed by atoms with Gasteiger partial charge >= 0.3 is 0 Å². The molecular formula is C14H15ClN2O. The minimum absolute atomic E-state index is 0.404. The van der Waals surface area contributed by atoms with Crippen LogP contribution in [0.1, 0.15) is 16.7 Å². The lowest BCUT2D eigenvalue weighted by Gasteiger charge is -2.10. The first-order valence-electron chi connectivity index (χ1n) is 5.69. The lowest BCUT2D eigenvalue weighted by atomic mass is 10.1. The van der Waals surface area contributed by atoms with Gasteiger partial charge in [-0.25, -0.2) is 4.98 Å². The minimum atomic E-state index is 0.404. The maximum atomic E-state index is 6.10. The summed E-state index contributed by atoms with van der Waals surface area (Å²) in [6.07, 6.45) is 1.67. The second kappa shape index (κ2) is 5.38. The molecule has 0 aliphatic rings. The highest BCUT2D eigenvalue weighted by Gasteiger charge is 2.07. The summed E-state index contributed by atoms with van der Waals surface area (Å²) in [4.78, 5) is 4.17. The molecule has 0 aliphatic carbocycles. The number of halogens is 1. The van der Waals surface area contributed by atoms with E-state index in [-0.39, 0.29) is 0 Å². The zero-order valence-electron chi connectivity index (χ0n) is 10.4. The van der Waals surface area contributed by atoms with E-state index in [4.69, 9.17) is 22.1 Å². The lowest BCUT2D eigenvalue weighted by molar-refractivity contribution is 0.459. The Morgan fingerprint density at radius 3 is 2.67 bits per heavy atom. The predicted molar refractivity (Wildman–Crippen MR) is 73.1 cm³/mol. The lowest BCUT2D eigenvalue weighted by Crippen LogP contribution is -1.98. The molecule has 1 heterocycles. The molecule has 0 unspecified atom stereocenters. The van der Waals surface area contributed by atoms with Gasteiger partial charge in [-0.1, -0.05) is 29.3 Å². The molecule has 0 atom stereocenters. The Kier molecular flexibility index (Phi) is 3.84. The molecule has 18 heavy (non-hydrogen) atoms. The van der Waals surface area contributed by atoms with Gasteiger partial charge in [0, 0.05) is 12.7 Å². The van der Waals surface area contributed by atoms with Crippen LogP contribution in [-0.2, 0) is 6.54 Å². The molecule has 0 aliphatic heterocycles. The first-order chi connectivity index (χ1) is 8.60. The SMILES string of the molecule is Cc1ccc(Oc2ncc(CN)cc2Cl)c(C)c1. The number of nitrogens with two attached hydrogens (primary N) is 1. The fourth-order valence-electron chi connectivity index (χ4n) is 1.67. The van der Waals surface area contributed by atoms with Crippen molar-refractivity contribution >= 4 is 11.6 Å². The Labute approximate surface area is 112 Å². The van der Waals surface area contributed by atoms with E-state index in [1.165, 1.54) is 5.56 Å². The summed E-state index contributed by atoms with van der Waals surface area (Å²) >= 11 is 6.10. The molecule has 0 radical (unpaired) electrons.